The number of carbonyl (C=O) groups excluding carboxylic acids is 1. The minimum Gasteiger partial charge on any atom is -0.496 e. The highest BCUT2D eigenvalue weighted by molar-refractivity contribution is 9.10. The first-order valence-corrected chi connectivity index (χ1v) is 7.25. The number of anilines is 1. The summed E-state index contributed by atoms with van der Waals surface area (Å²) in [6, 6.07) is 5.50. The molecule has 0 aromatic heterocycles. The van der Waals surface area contributed by atoms with Crippen LogP contribution in [0.5, 0.6) is 5.75 Å². The number of ether oxygens (including phenoxy) is 1. The summed E-state index contributed by atoms with van der Waals surface area (Å²) in [5, 5.41) is 2.91. The SMILES string of the molecule is COc1ccc(NC(=O)CC2(CS)CC2)cc1Br. The zero-order valence-electron chi connectivity index (χ0n) is 10.2. The van der Waals surface area contributed by atoms with E-state index in [0.717, 1.165) is 34.5 Å². The quantitative estimate of drug-likeness (QED) is 0.811. The van der Waals surface area contributed by atoms with E-state index in [1.807, 2.05) is 18.2 Å². The molecule has 1 aromatic carbocycles. The van der Waals surface area contributed by atoms with Crippen molar-refractivity contribution in [1.82, 2.24) is 0 Å². The van der Waals surface area contributed by atoms with E-state index in [9.17, 15) is 4.79 Å². The lowest BCUT2D eigenvalue weighted by atomic mass is 10.1. The highest BCUT2D eigenvalue weighted by Crippen LogP contribution is 2.49. The maximum absolute atomic E-state index is 11.9. The van der Waals surface area contributed by atoms with Crippen molar-refractivity contribution in [3.8, 4) is 5.75 Å². The average Bonchev–Trinajstić information content (AvgIpc) is 3.09. The van der Waals surface area contributed by atoms with Crippen LogP contribution in [0, 0.1) is 5.41 Å². The number of methoxy groups -OCH3 is 1. The monoisotopic (exact) mass is 329 g/mol. The van der Waals surface area contributed by atoms with Crippen molar-refractivity contribution < 1.29 is 9.53 Å². The molecular weight excluding hydrogens is 314 g/mol. The van der Waals surface area contributed by atoms with Gasteiger partial charge < -0.3 is 10.1 Å². The Bertz CT molecular complexity index is 460. The van der Waals surface area contributed by atoms with Gasteiger partial charge in [0.2, 0.25) is 5.91 Å². The van der Waals surface area contributed by atoms with E-state index in [0.29, 0.717) is 6.42 Å². The Morgan fingerprint density at radius 1 is 1.56 bits per heavy atom. The number of amides is 1. The average molecular weight is 330 g/mol. The van der Waals surface area contributed by atoms with E-state index < -0.39 is 0 Å². The molecule has 98 valence electrons. The van der Waals surface area contributed by atoms with E-state index >= 15 is 0 Å². The van der Waals surface area contributed by atoms with E-state index in [1.165, 1.54) is 0 Å². The van der Waals surface area contributed by atoms with Gasteiger partial charge in [-0.3, -0.25) is 4.79 Å². The van der Waals surface area contributed by atoms with Gasteiger partial charge in [0.05, 0.1) is 11.6 Å². The van der Waals surface area contributed by atoms with Crippen LogP contribution >= 0.6 is 28.6 Å². The Kier molecular flexibility index (Phi) is 4.22. The number of thiol groups is 1. The fourth-order valence-electron chi connectivity index (χ4n) is 1.86. The summed E-state index contributed by atoms with van der Waals surface area (Å²) in [4.78, 5) is 11.9. The third kappa shape index (κ3) is 3.20. The van der Waals surface area contributed by atoms with Gasteiger partial charge >= 0.3 is 0 Å². The van der Waals surface area contributed by atoms with Crippen molar-refractivity contribution in [3.63, 3.8) is 0 Å². The lowest BCUT2D eigenvalue weighted by Gasteiger charge is -2.12. The number of benzene rings is 1. The standard InChI is InChI=1S/C13H16BrNO2S/c1-17-11-3-2-9(6-10(11)14)15-12(16)7-13(8-18)4-5-13/h2-3,6,18H,4-5,7-8H2,1H3,(H,15,16). The Hall–Kier alpha value is -0.680. The molecule has 0 aliphatic heterocycles. The van der Waals surface area contributed by atoms with Crippen molar-refractivity contribution in [3.05, 3.63) is 22.7 Å². The molecule has 1 N–H and O–H groups in total. The summed E-state index contributed by atoms with van der Waals surface area (Å²) in [6.45, 7) is 0. The maximum Gasteiger partial charge on any atom is 0.224 e. The third-order valence-corrected chi connectivity index (χ3v) is 4.55. The highest BCUT2D eigenvalue weighted by Gasteiger charge is 2.42. The van der Waals surface area contributed by atoms with Crippen molar-refractivity contribution in [2.45, 2.75) is 19.3 Å². The first kappa shape index (κ1) is 13.7. The van der Waals surface area contributed by atoms with E-state index in [2.05, 4.69) is 33.9 Å². The summed E-state index contributed by atoms with van der Waals surface area (Å²) >= 11 is 7.70. The van der Waals surface area contributed by atoms with Gasteiger partial charge in [-0.15, -0.1) is 0 Å². The molecule has 5 heteroatoms. The van der Waals surface area contributed by atoms with Crippen LogP contribution < -0.4 is 10.1 Å². The van der Waals surface area contributed by atoms with E-state index in [4.69, 9.17) is 4.74 Å². The molecule has 18 heavy (non-hydrogen) atoms. The summed E-state index contributed by atoms with van der Waals surface area (Å²) in [5.41, 5.74) is 0.930. The van der Waals surface area contributed by atoms with Crippen LogP contribution in [-0.2, 0) is 4.79 Å². The molecule has 1 fully saturated rings. The zero-order valence-corrected chi connectivity index (χ0v) is 12.7. The Balaban J connectivity index is 1.97. The fourth-order valence-corrected chi connectivity index (χ4v) is 2.83. The molecule has 3 nitrogen and oxygen atoms in total. The molecule has 1 aliphatic carbocycles. The molecule has 0 heterocycles. The topological polar surface area (TPSA) is 38.3 Å². The van der Waals surface area contributed by atoms with Crippen LogP contribution in [0.1, 0.15) is 19.3 Å². The number of carbonyl (C=O) groups is 1. The zero-order chi connectivity index (χ0) is 13.2. The second kappa shape index (κ2) is 5.53. The first-order chi connectivity index (χ1) is 8.58. The maximum atomic E-state index is 11.9. The molecule has 1 aromatic rings. The lowest BCUT2D eigenvalue weighted by molar-refractivity contribution is -0.117. The molecule has 2 rings (SSSR count). The molecule has 0 radical (unpaired) electrons. The van der Waals surface area contributed by atoms with Gasteiger partial charge in [-0.05, 0) is 58.1 Å². The smallest absolute Gasteiger partial charge is 0.224 e. The highest BCUT2D eigenvalue weighted by atomic mass is 79.9. The first-order valence-electron chi connectivity index (χ1n) is 5.83. The van der Waals surface area contributed by atoms with Crippen molar-refractivity contribution in [1.29, 1.82) is 0 Å². The van der Waals surface area contributed by atoms with Gasteiger partial charge in [-0.2, -0.15) is 12.6 Å². The van der Waals surface area contributed by atoms with Crippen LogP contribution in [-0.4, -0.2) is 18.8 Å². The number of hydrogen-bond acceptors (Lipinski definition) is 3. The minimum atomic E-state index is 0.0543. The number of hydrogen-bond donors (Lipinski definition) is 2. The van der Waals surface area contributed by atoms with Crippen LogP contribution in [0.2, 0.25) is 0 Å². The van der Waals surface area contributed by atoms with Crippen LogP contribution in [0.4, 0.5) is 5.69 Å². The van der Waals surface area contributed by atoms with E-state index in [1.54, 1.807) is 7.11 Å². The van der Waals surface area contributed by atoms with Crippen molar-refractivity contribution >= 4 is 40.2 Å². The molecule has 1 saturated carbocycles. The van der Waals surface area contributed by atoms with E-state index in [-0.39, 0.29) is 11.3 Å². The van der Waals surface area contributed by atoms with Crippen LogP contribution in [0.3, 0.4) is 0 Å². The van der Waals surface area contributed by atoms with Crippen LogP contribution in [0.25, 0.3) is 0 Å². The van der Waals surface area contributed by atoms with Crippen molar-refractivity contribution in [2.75, 3.05) is 18.2 Å². The normalized spacial score (nSPS) is 16.2. The Morgan fingerprint density at radius 3 is 2.78 bits per heavy atom. The molecule has 0 spiro atoms. The molecule has 0 saturated heterocycles. The Morgan fingerprint density at radius 2 is 2.28 bits per heavy atom. The predicted molar refractivity (Wildman–Crippen MR) is 79.5 cm³/mol. The summed E-state index contributed by atoms with van der Waals surface area (Å²) in [5.74, 6) is 1.59. The second-order valence-electron chi connectivity index (χ2n) is 4.73. The third-order valence-electron chi connectivity index (χ3n) is 3.26. The van der Waals surface area contributed by atoms with Gasteiger partial charge in [-0.1, -0.05) is 0 Å². The van der Waals surface area contributed by atoms with Gasteiger partial charge in [0.1, 0.15) is 5.75 Å². The predicted octanol–water partition coefficient (Wildman–Crippen LogP) is 3.50. The largest absolute Gasteiger partial charge is 0.496 e. The molecule has 1 aliphatic rings. The number of rotatable bonds is 5. The van der Waals surface area contributed by atoms with Crippen LogP contribution in [0.15, 0.2) is 22.7 Å². The van der Waals surface area contributed by atoms with Gasteiger partial charge in [0, 0.05) is 12.1 Å². The van der Waals surface area contributed by atoms with Crippen molar-refractivity contribution in [2.24, 2.45) is 5.41 Å². The summed E-state index contributed by atoms with van der Waals surface area (Å²) in [6.07, 6.45) is 2.77. The Labute approximate surface area is 121 Å². The molecule has 0 unspecified atom stereocenters. The van der Waals surface area contributed by atoms with Gasteiger partial charge in [0.25, 0.3) is 0 Å². The summed E-state index contributed by atoms with van der Waals surface area (Å²) < 4.78 is 5.97. The fraction of sp³-hybridized carbons (Fsp3) is 0.462. The molecule has 0 atom stereocenters. The lowest BCUT2D eigenvalue weighted by Crippen LogP contribution is -2.18. The molecular formula is C13H16BrNO2S. The summed E-state index contributed by atoms with van der Waals surface area (Å²) in [7, 11) is 1.61. The second-order valence-corrected chi connectivity index (χ2v) is 5.90. The number of halogens is 1. The number of nitrogens with one attached hydrogen (secondary N) is 1. The van der Waals surface area contributed by atoms with Gasteiger partial charge in [-0.25, -0.2) is 0 Å². The minimum absolute atomic E-state index is 0.0543. The molecule has 0 bridgehead atoms. The molecule has 1 amide bonds. The van der Waals surface area contributed by atoms with Gasteiger partial charge in [0.15, 0.2) is 0 Å².